The summed E-state index contributed by atoms with van der Waals surface area (Å²) >= 11 is 6.45. The minimum atomic E-state index is -0.190. The van der Waals surface area contributed by atoms with Crippen molar-refractivity contribution in [3.63, 3.8) is 0 Å². The van der Waals surface area contributed by atoms with E-state index in [4.69, 9.17) is 16.3 Å². The van der Waals surface area contributed by atoms with E-state index < -0.39 is 0 Å². The van der Waals surface area contributed by atoms with Gasteiger partial charge in [0.25, 0.3) is 0 Å². The molecule has 0 aromatic heterocycles. The highest BCUT2D eigenvalue weighted by Crippen LogP contribution is 2.34. The first-order valence-electron chi connectivity index (χ1n) is 6.10. The standard InChI is InChI=1S/C14H18ClFO/c1-9-6-11(16)7-10(2)14(9)13(15)8-12-4-3-5-17-12/h6-7,12-13H,3-5,8H2,1-2H3. The van der Waals surface area contributed by atoms with Gasteiger partial charge in [-0.1, -0.05) is 0 Å². The minimum absolute atomic E-state index is 0.0845. The molecule has 1 fully saturated rings. The van der Waals surface area contributed by atoms with Crippen molar-refractivity contribution in [1.29, 1.82) is 0 Å². The van der Waals surface area contributed by atoms with Crippen molar-refractivity contribution < 1.29 is 9.13 Å². The van der Waals surface area contributed by atoms with Crippen LogP contribution in [0.4, 0.5) is 4.39 Å². The first-order valence-corrected chi connectivity index (χ1v) is 6.54. The minimum Gasteiger partial charge on any atom is -0.378 e. The Hall–Kier alpha value is -0.600. The lowest BCUT2D eigenvalue weighted by molar-refractivity contribution is 0.103. The Kier molecular flexibility index (Phi) is 4.05. The zero-order valence-electron chi connectivity index (χ0n) is 10.3. The fourth-order valence-electron chi connectivity index (χ4n) is 2.59. The average molecular weight is 257 g/mol. The molecule has 1 aromatic carbocycles. The number of rotatable bonds is 3. The van der Waals surface area contributed by atoms with E-state index in [1.807, 2.05) is 13.8 Å². The zero-order chi connectivity index (χ0) is 12.4. The van der Waals surface area contributed by atoms with E-state index in [1.54, 1.807) is 12.1 Å². The van der Waals surface area contributed by atoms with Crippen LogP contribution in [-0.4, -0.2) is 12.7 Å². The van der Waals surface area contributed by atoms with Gasteiger partial charge in [0.05, 0.1) is 11.5 Å². The van der Waals surface area contributed by atoms with E-state index >= 15 is 0 Å². The summed E-state index contributed by atoms with van der Waals surface area (Å²) in [5, 5.41) is -0.0845. The molecule has 1 nitrogen and oxygen atoms in total. The molecule has 1 aliphatic rings. The molecule has 0 radical (unpaired) electrons. The lowest BCUT2D eigenvalue weighted by Crippen LogP contribution is -2.10. The number of hydrogen-bond acceptors (Lipinski definition) is 1. The molecular weight excluding hydrogens is 239 g/mol. The Bertz CT molecular complexity index is 376. The summed E-state index contributed by atoms with van der Waals surface area (Å²) in [5.41, 5.74) is 2.92. The molecule has 2 atom stereocenters. The molecule has 0 amide bonds. The summed E-state index contributed by atoms with van der Waals surface area (Å²) in [5.74, 6) is -0.190. The molecule has 0 N–H and O–H groups in total. The molecule has 1 saturated heterocycles. The molecule has 94 valence electrons. The van der Waals surface area contributed by atoms with Crippen LogP contribution in [0.1, 0.15) is 41.3 Å². The smallest absolute Gasteiger partial charge is 0.123 e. The van der Waals surface area contributed by atoms with Gasteiger partial charge in [-0.15, -0.1) is 11.6 Å². The SMILES string of the molecule is Cc1cc(F)cc(C)c1C(Cl)CC1CCCO1. The van der Waals surface area contributed by atoms with E-state index in [0.29, 0.717) is 0 Å². The van der Waals surface area contributed by atoms with E-state index in [0.717, 1.165) is 42.6 Å². The number of hydrogen-bond donors (Lipinski definition) is 0. The summed E-state index contributed by atoms with van der Waals surface area (Å²) in [4.78, 5) is 0. The Labute approximate surface area is 107 Å². The van der Waals surface area contributed by atoms with Gasteiger partial charge in [-0.25, -0.2) is 4.39 Å². The van der Waals surface area contributed by atoms with E-state index in [2.05, 4.69) is 0 Å². The van der Waals surface area contributed by atoms with Crippen LogP contribution < -0.4 is 0 Å². The van der Waals surface area contributed by atoms with Gasteiger partial charge in [0.1, 0.15) is 5.82 Å². The molecule has 2 rings (SSSR count). The van der Waals surface area contributed by atoms with Gasteiger partial charge in [-0.05, 0) is 61.9 Å². The molecule has 2 unspecified atom stereocenters. The first-order chi connectivity index (χ1) is 8.08. The number of benzene rings is 1. The van der Waals surface area contributed by atoms with Crippen LogP contribution in [0.5, 0.6) is 0 Å². The fourth-order valence-corrected chi connectivity index (χ4v) is 3.14. The van der Waals surface area contributed by atoms with Crippen molar-refractivity contribution in [2.24, 2.45) is 0 Å². The molecule has 0 aliphatic carbocycles. The molecular formula is C14H18ClFO. The number of alkyl halides is 1. The molecule has 3 heteroatoms. The third-order valence-corrected chi connectivity index (χ3v) is 3.76. The second-order valence-electron chi connectivity index (χ2n) is 4.79. The number of ether oxygens (including phenoxy) is 1. The van der Waals surface area contributed by atoms with Crippen molar-refractivity contribution in [1.82, 2.24) is 0 Å². The van der Waals surface area contributed by atoms with Gasteiger partial charge in [-0.3, -0.25) is 0 Å². The molecule has 0 saturated carbocycles. The van der Waals surface area contributed by atoms with Gasteiger partial charge < -0.3 is 4.74 Å². The van der Waals surface area contributed by atoms with E-state index in [-0.39, 0.29) is 17.3 Å². The van der Waals surface area contributed by atoms with Gasteiger partial charge >= 0.3 is 0 Å². The molecule has 1 aromatic rings. The van der Waals surface area contributed by atoms with Crippen LogP contribution in [0.2, 0.25) is 0 Å². The summed E-state index contributed by atoms with van der Waals surface area (Å²) < 4.78 is 18.8. The first kappa shape index (κ1) is 12.8. The van der Waals surface area contributed by atoms with Crippen LogP contribution in [0, 0.1) is 19.7 Å². The monoisotopic (exact) mass is 256 g/mol. The Morgan fingerprint density at radius 1 is 1.41 bits per heavy atom. The van der Waals surface area contributed by atoms with Crippen molar-refractivity contribution >= 4 is 11.6 Å². The maximum absolute atomic E-state index is 13.2. The highest BCUT2D eigenvalue weighted by Gasteiger charge is 2.22. The van der Waals surface area contributed by atoms with Crippen molar-refractivity contribution in [3.05, 3.63) is 34.6 Å². The predicted octanol–water partition coefficient (Wildman–Crippen LogP) is 4.29. The van der Waals surface area contributed by atoms with E-state index in [9.17, 15) is 4.39 Å². The maximum atomic E-state index is 13.2. The van der Waals surface area contributed by atoms with E-state index in [1.165, 1.54) is 0 Å². The highest BCUT2D eigenvalue weighted by atomic mass is 35.5. The normalized spacial score (nSPS) is 21.8. The topological polar surface area (TPSA) is 9.23 Å². The highest BCUT2D eigenvalue weighted by molar-refractivity contribution is 6.21. The third kappa shape index (κ3) is 2.99. The molecule has 1 heterocycles. The quantitative estimate of drug-likeness (QED) is 0.733. The van der Waals surface area contributed by atoms with Crippen LogP contribution in [0.25, 0.3) is 0 Å². The molecule has 0 spiro atoms. The lowest BCUT2D eigenvalue weighted by Gasteiger charge is -2.19. The predicted molar refractivity (Wildman–Crippen MR) is 68.1 cm³/mol. The average Bonchev–Trinajstić information content (AvgIpc) is 2.68. The molecule has 1 aliphatic heterocycles. The number of halogens is 2. The summed E-state index contributed by atoms with van der Waals surface area (Å²) in [6.07, 6.45) is 3.29. The zero-order valence-corrected chi connectivity index (χ0v) is 11.1. The third-order valence-electron chi connectivity index (χ3n) is 3.37. The second-order valence-corrected chi connectivity index (χ2v) is 5.32. The molecule has 0 bridgehead atoms. The summed E-state index contributed by atoms with van der Waals surface area (Å²) in [6.45, 7) is 4.67. The van der Waals surface area contributed by atoms with Gasteiger partial charge in [0, 0.05) is 6.61 Å². The Morgan fingerprint density at radius 2 is 2.06 bits per heavy atom. The number of aryl methyl sites for hydroxylation is 2. The van der Waals surface area contributed by atoms with Crippen LogP contribution >= 0.6 is 11.6 Å². The van der Waals surface area contributed by atoms with Crippen molar-refractivity contribution in [2.45, 2.75) is 44.6 Å². The van der Waals surface area contributed by atoms with Gasteiger partial charge in [-0.2, -0.15) is 0 Å². The lowest BCUT2D eigenvalue weighted by atomic mass is 9.96. The fraction of sp³-hybridized carbons (Fsp3) is 0.571. The largest absolute Gasteiger partial charge is 0.378 e. The van der Waals surface area contributed by atoms with Crippen molar-refractivity contribution in [2.75, 3.05) is 6.61 Å². The van der Waals surface area contributed by atoms with Crippen molar-refractivity contribution in [3.8, 4) is 0 Å². The van der Waals surface area contributed by atoms with Crippen LogP contribution in [0.3, 0.4) is 0 Å². The maximum Gasteiger partial charge on any atom is 0.123 e. The second kappa shape index (κ2) is 5.36. The van der Waals surface area contributed by atoms with Gasteiger partial charge in [0.2, 0.25) is 0 Å². The Balaban J connectivity index is 2.15. The molecule has 17 heavy (non-hydrogen) atoms. The van der Waals surface area contributed by atoms with Crippen LogP contribution in [0.15, 0.2) is 12.1 Å². The van der Waals surface area contributed by atoms with Crippen LogP contribution in [-0.2, 0) is 4.74 Å². The summed E-state index contributed by atoms with van der Waals surface area (Å²) in [6, 6.07) is 3.10. The van der Waals surface area contributed by atoms with Gasteiger partial charge in [0.15, 0.2) is 0 Å². The summed E-state index contributed by atoms with van der Waals surface area (Å²) in [7, 11) is 0. The Morgan fingerprint density at radius 3 is 2.59 bits per heavy atom.